The molecule has 6 rings (SSSR count). The second kappa shape index (κ2) is 9.00. The van der Waals surface area contributed by atoms with Gasteiger partial charge in [-0.05, 0) is 105 Å². The molecule has 2 unspecified atom stereocenters. The van der Waals surface area contributed by atoms with Crippen LogP contribution in [0.1, 0.15) is 51.4 Å². The molecule has 8 heteroatoms. The van der Waals surface area contributed by atoms with E-state index in [1.54, 1.807) is 12.1 Å². The maximum absolute atomic E-state index is 11.4. The highest BCUT2D eigenvalue weighted by molar-refractivity contribution is 7.97. The van der Waals surface area contributed by atoms with Crippen molar-refractivity contribution in [3.63, 3.8) is 0 Å². The van der Waals surface area contributed by atoms with Gasteiger partial charge in [-0.3, -0.25) is 4.79 Å². The van der Waals surface area contributed by atoms with Gasteiger partial charge in [0.25, 0.3) is 0 Å². The molecule has 7 nitrogen and oxygen atoms in total. The first-order valence-electron chi connectivity index (χ1n) is 11.2. The van der Waals surface area contributed by atoms with E-state index in [1.807, 2.05) is 19.2 Å². The summed E-state index contributed by atoms with van der Waals surface area (Å²) < 4.78 is 3.12. The van der Waals surface area contributed by atoms with Gasteiger partial charge >= 0.3 is 5.97 Å². The van der Waals surface area contributed by atoms with Gasteiger partial charge in [0, 0.05) is 6.04 Å². The van der Waals surface area contributed by atoms with Crippen LogP contribution in [0.25, 0.3) is 0 Å². The molecule has 5 fully saturated rings. The standard InChI is InChI=1S/C12H19NO2.C11H12N2O2S/c1-13-10-8-2-7-3-9(10)6-12(4-7,5-8)11(14)15;14-8-11(6-3-7-11)13-16-10-5-2-1-4-9(10)12-15/h7-10,13H,2-6H2,1H3,(H,14,15);1-2,4-5,8,13H,3,6-7H2. The first kappa shape index (κ1) is 22.4. The lowest BCUT2D eigenvalue weighted by atomic mass is 9.48. The molecule has 0 spiro atoms. The number of carboxylic acids is 1. The third-order valence-electron chi connectivity index (χ3n) is 7.86. The zero-order valence-electron chi connectivity index (χ0n) is 17.9. The topological polar surface area (TPSA) is 108 Å². The molecule has 5 saturated carbocycles. The van der Waals surface area contributed by atoms with Gasteiger partial charge in [0.2, 0.25) is 0 Å². The molecule has 1 aromatic rings. The van der Waals surface area contributed by atoms with E-state index >= 15 is 0 Å². The fraction of sp³-hybridized carbons (Fsp3) is 0.652. The molecule has 5 aliphatic carbocycles. The highest BCUT2D eigenvalue weighted by Gasteiger charge is 2.58. The summed E-state index contributed by atoms with van der Waals surface area (Å²) in [7, 11) is 2.03. The van der Waals surface area contributed by atoms with Crippen LogP contribution in [0.5, 0.6) is 0 Å². The number of benzene rings is 1. The molecular weight excluding hydrogens is 414 g/mol. The Kier molecular flexibility index (Phi) is 6.51. The molecule has 5 aliphatic rings. The number of carbonyl (C=O) groups is 2. The Morgan fingerprint density at radius 3 is 2.39 bits per heavy atom. The molecule has 168 valence electrons. The Morgan fingerprint density at radius 2 is 1.87 bits per heavy atom. The van der Waals surface area contributed by atoms with E-state index in [2.05, 4.69) is 15.2 Å². The van der Waals surface area contributed by atoms with Crippen molar-refractivity contribution in [3.8, 4) is 0 Å². The summed E-state index contributed by atoms with van der Waals surface area (Å²) in [6.45, 7) is 0. The fourth-order valence-electron chi connectivity index (χ4n) is 6.33. The van der Waals surface area contributed by atoms with Crippen molar-refractivity contribution in [1.29, 1.82) is 0 Å². The van der Waals surface area contributed by atoms with Gasteiger partial charge < -0.3 is 15.2 Å². The first-order chi connectivity index (χ1) is 14.9. The van der Waals surface area contributed by atoms with E-state index in [1.165, 1.54) is 24.8 Å². The second-order valence-electron chi connectivity index (χ2n) is 9.76. The summed E-state index contributed by atoms with van der Waals surface area (Å²) in [6.07, 6.45) is 9.06. The van der Waals surface area contributed by atoms with E-state index in [0.717, 1.165) is 49.7 Å². The number of aliphatic carboxylic acids is 1. The predicted molar refractivity (Wildman–Crippen MR) is 120 cm³/mol. The molecule has 0 heterocycles. The zero-order valence-corrected chi connectivity index (χ0v) is 18.7. The van der Waals surface area contributed by atoms with Crippen LogP contribution in [0.2, 0.25) is 0 Å². The van der Waals surface area contributed by atoms with Gasteiger partial charge in [-0.2, -0.15) is 0 Å². The lowest BCUT2D eigenvalue weighted by molar-refractivity contribution is -0.167. The van der Waals surface area contributed by atoms with Gasteiger partial charge in [-0.15, -0.1) is 4.91 Å². The molecular formula is C23H31N3O4S. The number of nitroso groups, excluding NO2 is 1. The minimum absolute atomic E-state index is 0.343. The predicted octanol–water partition coefficient (Wildman–Crippen LogP) is 4.29. The fourth-order valence-corrected chi connectivity index (χ4v) is 7.26. The smallest absolute Gasteiger partial charge is 0.309 e. The van der Waals surface area contributed by atoms with Crippen LogP contribution in [0.3, 0.4) is 0 Å². The number of aldehydes is 1. The normalized spacial score (nSPS) is 34.2. The molecule has 4 bridgehead atoms. The van der Waals surface area contributed by atoms with E-state index < -0.39 is 11.5 Å². The second-order valence-corrected chi connectivity index (χ2v) is 10.6. The Bertz CT molecular complexity index is 828. The minimum atomic E-state index is -0.531. The molecule has 0 aliphatic heterocycles. The Labute approximate surface area is 187 Å². The van der Waals surface area contributed by atoms with Gasteiger partial charge in [-0.1, -0.05) is 12.1 Å². The van der Waals surface area contributed by atoms with Crippen LogP contribution >= 0.6 is 11.9 Å². The largest absolute Gasteiger partial charge is 0.481 e. The Balaban J connectivity index is 0.000000149. The van der Waals surface area contributed by atoms with Crippen LogP contribution in [0.15, 0.2) is 34.3 Å². The average molecular weight is 446 g/mol. The summed E-state index contributed by atoms with van der Waals surface area (Å²) in [5.74, 6) is 1.41. The lowest BCUT2D eigenvalue weighted by Crippen LogP contribution is -2.59. The summed E-state index contributed by atoms with van der Waals surface area (Å²) in [6, 6.07) is 7.66. The molecule has 1 aromatic carbocycles. The number of carbonyl (C=O) groups excluding carboxylic acids is 1. The number of carboxylic acid groups (broad SMARTS) is 1. The lowest BCUT2D eigenvalue weighted by Gasteiger charge is -2.58. The van der Waals surface area contributed by atoms with E-state index in [4.69, 9.17) is 0 Å². The van der Waals surface area contributed by atoms with Gasteiger partial charge in [0.1, 0.15) is 12.0 Å². The van der Waals surface area contributed by atoms with Crippen molar-refractivity contribution in [3.05, 3.63) is 29.2 Å². The van der Waals surface area contributed by atoms with E-state index in [0.29, 0.717) is 29.5 Å². The molecule has 31 heavy (non-hydrogen) atoms. The summed E-state index contributed by atoms with van der Waals surface area (Å²) >= 11 is 1.30. The van der Waals surface area contributed by atoms with E-state index in [-0.39, 0.29) is 5.41 Å². The average Bonchev–Trinajstić information content (AvgIpc) is 2.73. The molecule has 0 saturated heterocycles. The summed E-state index contributed by atoms with van der Waals surface area (Å²) in [4.78, 5) is 33.7. The maximum Gasteiger partial charge on any atom is 0.309 e. The van der Waals surface area contributed by atoms with Crippen LogP contribution < -0.4 is 10.0 Å². The number of nitrogens with one attached hydrogen (secondary N) is 2. The van der Waals surface area contributed by atoms with Crippen molar-refractivity contribution in [2.75, 3.05) is 7.05 Å². The highest BCUT2D eigenvalue weighted by atomic mass is 32.2. The summed E-state index contributed by atoms with van der Waals surface area (Å²) in [5, 5.41) is 15.8. The number of nitrogens with zero attached hydrogens (tertiary/aromatic N) is 1. The van der Waals surface area contributed by atoms with Crippen molar-refractivity contribution in [2.24, 2.45) is 28.3 Å². The Hall–Kier alpha value is -1.77. The number of hydrogen-bond donors (Lipinski definition) is 3. The third kappa shape index (κ3) is 4.30. The van der Waals surface area contributed by atoms with Crippen LogP contribution in [0.4, 0.5) is 5.69 Å². The van der Waals surface area contributed by atoms with Gasteiger partial charge in [-0.25, -0.2) is 4.72 Å². The quantitative estimate of drug-likeness (QED) is 0.326. The molecule has 0 radical (unpaired) electrons. The number of rotatable bonds is 7. The van der Waals surface area contributed by atoms with Crippen LogP contribution in [-0.2, 0) is 9.59 Å². The minimum Gasteiger partial charge on any atom is -0.481 e. The first-order valence-corrected chi connectivity index (χ1v) is 12.0. The summed E-state index contributed by atoms with van der Waals surface area (Å²) in [5.41, 5.74) is -0.342. The third-order valence-corrected chi connectivity index (χ3v) is 8.93. The van der Waals surface area contributed by atoms with Crippen molar-refractivity contribution in [2.45, 2.75) is 67.8 Å². The maximum atomic E-state index is 11.4. The number of hydrogen-bond acceptors (Lipinski definition) is 7. The molecule has 2 atom stereocenters. The van der Waals surface area contributed by atoms with Crippen LogP contribution in [0, 0.1) is 28.1 Å². The van der Waals surface area contributed by atoms with Gasteiger partial charge in [0.15, 0.2) is 0 Å². The SMILES string of the molecule is CNC1C2CC3CC1CC(C(=O)O)(C3)C2.O=CC1(NSc2ccccc2N=O)CCC1. The van der Waals surface area contributed by atoms with Crippen molar-refractivity contribution < 1.29 is 14.7 Å². The molecule has 0 aromatic heterocycles. The zero-order chi connectivity index (χ0) is 22.1. The van der Waals surface area contributed by atoms with Crippen molar-refractivity contribution in [1.82, 2.24) is 10.0 Å². The van der Waals surface area contributed by atoms with Gasteiger partial charge in [0.05, 0.1) is 15.8 Å². The van der Waals surface area contributed by atoms with E-state index in [9.17, 15) is 19.6 Å². The van der Waals surface area contributed by atoms with Crippen molar-refractivity contribution >= 4 is 29.9 Å². The van der Waals surface area contributed by atoms with Crippen LogP contribution in [-0.4, -0.2) is 36.0 Å². The molecule has 3 N–H and O–H groups in total. The highest BCUT2D eigenvalue weighted by Crippen LogP contribution is 2.60. The Morgan fingerprint density at radius 1 is 1.19 bits per heavy atom. The molecule has 0 amide bonds. The monoisotopic (exact) mass is 445 g/mol.